The van der Waals surface area contributed by atoms with Gasteiger partial charge in [-0.25, -0.2) is 0 Å². The fourth-order valence-electron chi connectivity index (χ4n) is 5.51. The van der Waals surface area contributed by atoms with Gasteiger partial charge >= 0.3 is 0 Å². The number of fused-ring (bicyclic) bond motifs is 2. The van der Waals surface area contributed by atoms with Crippen LogP contribution in [0.1, 0.15) is 0 Å². The highest BCUT2D eigenvalue weighted by Gasteiger charge is 2.57. The molecule has 20 heteroatoms. The zero-order chi connectivity index (χ0) is 32.5. The number of rotatable bonds is 13. The molecule has 4 heterocycles. The number of ether oxygens (including phenoxy) is 7. The summed E-state index contributed by atoms with van der Waals surface area (Å²) in [5, 5.41) is 131. The molecular weight excluding hydrogens is 608 g/mol. The predicted octanol–water partition coefficient (Wildman–Crippen LogP) is -9.07. The second kappa shape index (κ2) is 15.4. The number of aliphatic hydroxyl groups is 13. The van der Waals surface area contributed by atoms with Crippen LogP contribution in [0.25, 0.3) is 0 Å². The van der Waals surface area contributed by atoms with Gasteiger partial charge < -0.3 is 99.5 Å². The van der Waals surface area contributed by atoms with Crippen molar-refractivity contribution in [3.8, 4) is 0 Å². The maximum absolute atomic E-state index is 11.0. The van der Waals surface area contributed by atoms with E-state index in [2.05, 4.69) is 0 Å². The zero-order valence-corrected chi connectivity index (χ0v) is 23.2. The average molecular weight is 651 g/mol. The molecule has 0 unspecified atom stereocenters. The first kappa shape index (κ1) is 36.0. The summed E-state index contributed by atoms with van der Waals surface area (Å²) in [6, 6.07) is 0. The molecule has 4 fully saturated rings. The second-order valence-electron chi connectivity index (χ2n) is 11.0. The maximum atomic E-state index is 11.0. The van der Waals surface area contributed by atoms with Crippen molar-refractivity contribution in [2.75, 3.05) is 33.0 Å². The van der Waals surface area contributed by atoms with Crippen LogP contribution in [0.2, 0.25) is 0 Å². The Morgan fingerprint density at radius 2 is 1.16 bits per heavy atom. The van der Waals surface area contributed by atoms with Gasteiger partial charge in [0, 0.05) is 0 Å². The molecule has 0 radical (unpaired) electrons. The van der Waals surface area contributed by atoms with Gasteiger partial charge in [0.1, 0.15) is 97.7 Å². The van der Waals surface area contributed by atoms with Gasteiger partial charge in [0.05, 0.1) is 33.0 Å². The van der Waals surface area contributed by atoms with Gasteiger partial charge in [-0.15, -0.1) is 0 Å². The van der Waals surface area contributed by atoms with E-state index in [9.17, 15) is 61.3 Å². The van der Waals surface area contributed by atoms with E-state index in [-0.39, 0.29) is 6.61 Å². The van der Waals surface area contributed by atoms with E-state index in [4.69, 9.17) is 38.3 Å². The van der Waals surface area contributed by atoms with Crippen LogP contribution in [0.4, 0.5) is 0 Å². The fraction of sp³-hybridized carbons (Fsp3) is 1.00. The van der Waals surface area contributed by atoms with Crippen molar-refractivity contribution in [3.05, 3.63) is 0 Å². The zero-order valence-electron chi connectivity index (χ0n) is 23.2. The summed E-state index contributed by atoms with van der Waals surface area (Å²) in [5.74, 6) is 0. The monoisotopic (exact) mass is 650 g/mol. The van der Waals surface area contributed by atoms with Gasteiger partial charge in [0.15, 0.2) is 18.9 Å². The van der Waals surface area contributed by atoms with Gasteiger partial charge in [0.25, 0.3) is 0 Å². The summed E-state index contributed by atoms with van der Waals surface area (Å²) in [4.78, 5) is 0. The minimum Gasteiger partial charge on any atom is -0.394 e. The molecular formula is C24H42O20. The van der Waals surface area contributed by atoms with Crippen LogP contribution in [0, 0.1) is 0 Å². The third-order valence-corrected chi connectivity index (χ3v) is 8.09. The van der Waals surface area contributed by atoms with Gasteiger partial charge in [-0.3, -0.25) is 0 Å². The van der Waals surface area contributed by atoms with Crippen molar-refractivity contribution in [1.29, 1.82) is 0 Å². The minimum absolute atomic E-state index is 0.147. The van der Waals surface area contributed by atoms with Crippen LogP contribution >= 0.6 is 0 Å². The standard InChI is InChI=1S/C24H42O20/c25-1-6(29)11(31)18(7(30)2-26)42-23-16(36)14(34)19(9(4-28)40-23)43-24-17(37)21-20(10(41-24)5-38-21)44-22-15(35)13(33)12(32)8(3-27)39-22/h6-37H,1-5H2/t6-,7+,8+,9+,10+,11+,12+,13-,14+,15+,16+,17+,18+,19+,20+,21+,22+,23+,24+/m0/s1. The second-order valence-corrected chi connectivity index (χ2v) is 11.0. The molecule has 0 aromatic rings. The smallest absolute Gasteiger partial charge is 0.187 e. The first-order valence-corrected chi connectivity index (χ1v) is 14.0. The molecule has 4 aliphatic rings. The molecule has 0 aliphatic carbocycles. The summed E-state index contributed by atoms with van der Waals surface area (Å²) >= 11 is 0. The summed E-state index contributed by atoms with van der Waals surface area (Å²) in [6.45, 7) is -3.61. The van der Waals surface area contributed by atoms with Crippen molar-refractivity contribution in [1.82, 2.24) is 0 Å². The highest BCUT2D eigenvalue weighted by Crippen LogP contribution is 2.37. The van der Waals surface area contributed by atoms with Gasteiger partial charge in [0.2, 0.25) is 0 Å². The van der Waals surface area contributed by atoms with Crippen molar-refractivity contribution < 1.29 is 99.5 Å². The molecule has 4 saturated heterocycles. The predicted molar refractivity (Wildman–Crippen MR) is 133 cm³/mol. The Morgan fingerprint density at radius 1 is 0.591 bits per heavy atom. The van der Waals surface area contributed by atoms with Crippen LogP contribution in [-0.4, -0.2) is 216 Å². The Balaban J connectivity index is 1.41. The number of hydrogen-bond acceptors (Lipinski definition) is 20. The molecule has 0 amide bonds. The van der Waals surface area contributed by atoms with Gasteiger partial charge in [-0.1, -0.05) is 0 Å². The Hall–Kier alpha value is -0.800. The molecule has 0 spiro atoms. The fourth-order valence-corrected chi connectivity index (χ4v) is 5.51. The topological polar surface area (TPSA) is 328 Å². The van der Waals surface area contributed by atoms with E-state index in [0.29, 0.717) is 0 Å². The third kappa shape index (κ3) is 7.19. The lowest BCUT2D eigenvalue weighted by atomic mass is 9.97. The van der Waals surface area contributed by atoms with E-state index in [1.807, 2.05) is 0 Å². The van der Waals surface area contributed by atoms with Crippen molar-refractivity contribution in [2.45, 2.75) is 117 Å². The summed E-state index contributed by atoms with van der Waals surface area (Å²) in [6.07, 6.45) is -30.6. The first-order chi connectivity index (χ1) is 20.9. The van der Waals surface area contributed by atoms with Gasteiger partial charge in [-0.05, 0) is 0 Å². The molecule has 2 bridgehead atoms. The Morgan fingerprint density at radius 3 is 1.77 bits per heavy atom. The largest absolute Gasteiger partial charge is 0.394 e. The van der Waals surface area contributed by atoms with E-state index in [0.717, 1.165) is 0 Å². The molecule has 4 rings (SSSR count). The number of aliphatic hydroxyl groups excluding tert-OH is 13. The Labute approximate surface area is 249 Å². The molecule has 0 saturated carbocycles. The number of hydrogen-bond donors (Lipinski definition) is 13. The molecule has 0 aromatic carbocycles. The van der Waals surface area contributed by atoms with E-state index in [1.54, 1.807) is 0 Å². The molecule has 19 atom stereocenters. The minimum atomic E-state index is -1.98. The molecule has 4 aliphatic heterocycles. The van der Waals surface area contributed by atoms with E-state index in [1.165, 1.54) is 0 Å². The van der Waals surface area contributed by atoms with Crippen LogP contribution in [0.15, 0.2) is 0 Å². The lowest BCUT2D eigenvalue weighted by Crippen LogP contribution is -2.65. The molecule has 258 valence electrons. The van der Waals surface area contributed by atoms with Crippen LogP contribution in [-0.2, 0) is 33.2 Å². The van der Waals surface area contributed by atoms with Crippen molar-refractivity contribution >= 4 is 0 Å². The normalized spacial score (nSPS) is 47.2. The molecule has 20 nitrogen and oxygen atoms in total. The molecule has 44 heavy (non-hydrogen) atoms. The quantitative estimate of drug-likeness (QED) is 0.0879. The first-order valence-electron chi connectivity index (χ1n) is 14.0. The SMILES string of the molecule is OC[C@@H](O)[C@@H](O[C@H]1O[C@H](CO)[C@@H](O[C@H]2O[C@@H]3CO[C@H]([C@H]2O)[C@@H]3O[C@H]2O[C@H](CO)[C@@H](O)[C@H](O)[C@H]2O)[C@H](O)[C@H]1O)[C@H](O)[C@@H](O)CO. The summed E-state index contributed by atoms with van der Waals surface area (Å²) in [5.41, 5.74) is 0. The van der Waals surface area contributed by atoms with E-state index < -0.39 is 143 Å². The summed E-state index contributed by atoms with van der Waals surface area (Å²) < 4.78 is 38.9. The molecule has 13 N–H and O–H groups in total. The highest BCUT2D eigenvalue weighted by molar-refractivity contribution is 5.00. The highest BCUT2D eigenvalue weighted by atomic mass is 16.8. The Bertz CT molecular complexity index is 883. The van der Waals surface area contributed by atoms with Crippen LogP contribution in [0.3, 0.4) is 0 Å². The average Bonchev–Trinajstić information content (AvgIpc) is 3.34. The van der Waals surface area contributed by atoms with E-state index >= 15 is 0 Å². The van der Waals surface area contributed by atoms with Crippen LogP contribution in [0.5, 0.6) is 0 Å². The van der Waals surface area contributed by atoms with Gasteiger partial charge in [-0.2, -0.15) is 0 Å². The summed E-state index contributed by atoms with van der Waals surface area (Å²) in [7, 11) is 0. The Kier molecular flexibility index (Phi) is 12.6. The van der Waals surface area contributed by atoms with Crippen molar-refractivity contribution in [2.24, 2.45) is 0 Å². The third-order valence-electron chi connectivity index (χ3n) is 8.09. The maximum Gasteiger partial charge on any atom is 0.187 e. The van der Waals surface area contributed by atoms with Crippen molar-refractivity contribution in [3.63, 3.8) is 0 Å². The lowest BCUT2D eigenvalue weighted by Gasteiger charge is -2.47. The van der Waals surface area contributed by atoms with Crippen LogP contribution < -0.4 is 0 Å². The molecule has 0 aromatic heterocycles. The lowest BCUT2D eigenvalue weighted by molar-refractivity contribution is -0.369.